The summed E-state index contributed by atoms with van der Waals surface area (Å²) in [5.74, 6) is 2.96. The molecule has 1 aromatic heterocycles. The van der Waals surface area contributed by atoms with Crippen molar-refractivity contribution < 1.29 is 4.39 Å². The number of rotatable bonds is 1. The van der Waals surface area contributed by atoms with Crippen LogP contribution < -0.4 is 5.32 Å². The highest BCUT2D eigenvalue weighted by Gasteiger charge is 2.20. The molecular weight excluding hydrogens is 237 g/mol. The summed E-state index contributed by atoms with van der Waals surface area (Å²) in [7, 11) is 1.95. The Morgan fingerprint density at radius 2 is 2.41 bits per heavy atom. The second kappa shape index (κ2) is 4.31. The van der Waals surface area contributed by atoms with E-state index < -0.39 is 0 Å². The van der Waals surface area contributed by atoms with E-state index in [1.54, 1.807) is 12.1 Å². The molecule has 0 amide bonds. The van der Waals surface area contributed by atoms with E-state index >= 15 is 0 Å². The third-order valence-electron chi connectivity index (χ3n) is 3.11. The number of imidazole rings is 1. The topological polar surface area (TPSA) is 29.9 Å². The van der Waals surface area contributed by atoms with Crippen molar-refractivity contribution in [1.29, 1.82) is 0 Å². The van der Waals surface area contributed by atoms with Crippen LogP contribution in [0.15, 0.2) is 18.2 Å². The average molecular weight is 251 g/mol. The largest absolute Gasteiger partial charge is 0.330 e. The number of nitrogens with one attached hydrogen (secondary N) is 1. The molecule has 3 rings (SSSR count). The van der Waals surface area contributed by atoms with Crippen LogP contribution >= 0.6 is 11.8 Å². The Morgan fingerprint density at radius 1 is 1.53 bits per heavy atom. The zero-order valence-electron chi connectivity index (χ0n) is 9.61. The first-order valence-corrected chi connectivity index (χ1v) is 6.84. The van der Waals surface area contributed by atoms with Crippen LogP contribution in [0.3, 0.4) is 0 Å². The van der Waals surface area contributed by atoms with Gasteiger partial charge in [-0.25, -0.2) is 9.37 Å². The second-order valence-electron chi connectivity index (χ2n) is 4.24. The Balaban J connectivity index is 2.07. The first-order valence-electron chi connectivity index (χ1n) is 5.69. The van der Waals surface area contributed by atoms with Gasteiger partial charge in [0.1, 0.15) is 11.6 Å². The van der Waals surface area contributed by atoms with Crippen molar-refractivity contribution >= 4 is 22.8 Å². The second-order valence-corrected chi connectivity index (χ2v) is 5.39. The van der Waals surface area contributed by atoms with Gasteiger partial charge < -0.3 is 9.88 Å². The maximum absolute atomic E-state index is 13.2. The Labute approximate surface area is 103 Å². The molecule has 0 aliphatic carbocycles. The van der Waals surface area contributed by atoms with E-state index in [1.807, 2.05) is 23.4 Å². The van der Waals surface area contributed by atoms with Crippen LogP contribution in [0.4, 0.5) is 4.39 Å². The summed E-state index contributed by atoms with van der Waals surface area (Å²) in [5.41, 5.74) is 1.72. The molecule has 1 atom stereocenters. The standard InChI is InChI=1S/C12H14FN3S/c1-16-11-6-8(13)2-3-9(11)15-12(16)10-7-17-5-4-14-10/h2-3,6,10,14H,4-5,7H2,1H3. The number of benzene rings is 1. The number of nitrogens with zero attached hydrogens (tertiary/aromatic N) is 2. The molecular formula is C12H14FN3S. The first-order chi connectivity index (χ1) is 8.25. The molecule has 1 unspecified atom stereocenters. The molecule has 1 fully saturated rings. The number of hydrogen-bond acceptors (Lipinski definition) is 3. The van der Waals surface area contributed by atoms with Crippen molar-refractivity contribution in [3.63, 3.8) is 0 Å². The Bertz CT molecular complexity index is 546. The van der Waals surface area contributed by atoms with Gasteiger partial charge in [-0.2, -0.15) is 11.8 Å². The lowest BCUT2D eigenvalue weighted by molar-refractivity contribution is 0.549. The van der Waals surface area contributed by atoms with Crippen LogP contribution in [0, 0.1) is 5.82 Å². The fourth-order valence-corrected chi connectivity index (χ4v) is 3.16. The third-order valence-corrected chi connectivity index (χ3v) is 4.17. The number of aryl methyl sites for hydroxylation is 1. The lowest BCUT2D eigenvalue weighted by atomic mass is 10.3. The van der Waals surface area contributed by atoms with E-state index in [-0.39, 0.29) is 11.9 Å². The normalized spacial score (nSPS) is 20.9. The van der Waals surface area contributed by atoms with Crippen LogP contribution in [-0.2, 0) is 7.05 Å². The van der Waals surface area contributed by atoms with Gasteiger partial charge >= 0.3 is 0 Å². The molecule has 1 aliphatic heterocycles. The summed E-state index contributed by atoms with van der Waals surface area (Å²) in [6, 6.07) is 5.02. The predicted molar refractivity (Wildman–Crippen MR) is 68.7 cm³/mol. The van der Waals surface area contributed by atoms with Gasteiger partial charge in [0.15, 0.2) is 0 Å². The summed E-state index contributed by atoms with van der Waals surface area (Å²) in [5, 5.41) is 3.45. The Kier molecular flexibility index (Phi) is 2.80. The van der Waals surface area contributed by atoms with Crippen molar-refractivity contribution in [3.8, 4) is 0 Å². The van der Waals surface area contributed by atoms with Gasteiger partial charge in [0.25, 0.3) is 0 Å². The fourth-order valence-electron chi connectivity index (χ4n) is 2.22. The van der Waals surface area contributed by atoms with E-state index in [4.69, 9.17) is 0 Å². The molecule has 1 aliphatic rings. The van der Waals surface area contributed by atoms with Gasteiger partial charge in [0.2, 0.25) is 0 Å². The number of thioether (sulfide) groups is 1. The molecule has 90 valence electrons. The van der Waals surface area contributed by atoms with E-state index in [2.05, 4.69) is 10.3 Å². The lowest BCUT2D eigenvalue weighted by Crippen LogP contribution is -2.32. The smallest absolute Gasteiger partial charge is 0.127 e. The number of halogens is 1. The summed E-state index contributed by atoms with van der Waals surface area (Å²) >= 11 is 1.93. The zero-order chi connectivity index (χ0) is 11.8. The molecule has 1 aromatic carbocycles. The van der Waals surface area contributed by atoms with Crippen LogP contribution in [0.25, 0.3) is 11.0 Å². The highest BCUT2D eigenvalue weighted by atomic mass is 32.2. The van der Waals surface area contributed by atoms with E-state index in [1.165, 1.54) is 6.07 Å². The van der Waals surface area contributed by atoms with Crippen molar-refractivity contribution in [1.82, 2.24) is 14.9 Å². The fraction of sp³-hybridized carbons (Fsp3) is 0.417. The lowest BCUT2D eigenvalue weighted by Gasteiger charge is -2.22. The molecule has 2 aromatic rings. The number of fused-ring (bicyclic) bond motifs is 1. The average Bonchev–Trinajstić information content (AvgIpc) is 2.68. The molecule has 0 spiro atoms. The summed E-state index contributed by atoms with van der Waals surface area (Å²) in [6.07, 6.45) is 0. The molecule has 5 heteroatoms. The molecule has 1 N–H and O–H groups in total. The molecule has 3 nitrogen and oxygen atoms in total. The molecule has 2 heterocycles. The van der Waals surface area contributed by atoms with E-state index in [0.29, 0.717) is 0 Å². The molecule has 1 saturated heterocycles. The van der Waals surface area contributed by atoms with Crippen molar-refractivity contribution in [2.75, 3.05) is 18.1 Å². The van der Waals surface area contributed by atoms with Crippen molar-refractivity contribution in [3.05, 3.63) is 29.8 Å². The maximum atomic E-state index is 13.2. The number of hydrogen-bond donors (Lipinski definition) is 1. The third kappa shape index (κ3) is 1.93. The van der Waals surface area contributed by atoms with Crippen LogP contribution in [0.5, 0.6) is 0 Å². The van der Waals surface area contributed by atoms with Crippen molar-refractivity contribution in [2.24, 2.45) is 7.05 Å². The molecule has 0 saturated carbocycles. The van der Waals surface area contributed by atoms with Crippen molar-refractivity contribution in [2.45, 2.75) is 6.04 Å². The monoisotopic (exact) mass is 251 g/mol. The van der Waals surface area contributed by atoms with E-state index in [9.17, 15) is 4.39 Å². The van der Waals surface area contributed by atoms with Crippen LogP contribution in [0.1, 0.15) is 11.9 Å². The highest BCUT2D eigenvalue weighted by Crippen LogP contribution is 2.24. The Morgan fingerprint density at radius 3 is 3.18 bits per heavy atom. The van der Waals surface area contributed by atoms with Gasteiger partial charge in [-0.3, -0.25) is 0 Å². The van der Waals surface area contributed by atoms with Gasteiger partial charge in [0, 0.05) is 25.1 Å². The van der Waals surface area contributed by atoms with Crippen LogP contribution in [0.2, 0.25) is 0 Å². The first kappa shape index (κ1) is 11.0. The quantitative estimate of drug-likeness (QED) is 0.841. The van der Waals surface area contributed by atoms with Gasteiger partial charge in [-0.1, -0.05) is 0 Å². The van der Waals surface area contributed by atoms with Crippen LogP contribution in [-0.4, -0.2) is 27.6 Å². The molecule has 0 radical (unpaired) electrons. The zero-order valence-corrected chi connectivity index (χ0v) is 10.4. The minimum Gasteiger partial charge on any atom is -0.330 e. The molecule has 17 heavy (non-hydrogen) atoms. The van der Waals surface area contributed by atoms with E-state index in [0.717, 1.165) is 34.9 Å². The predicted octanol–water partition coefficient (Wildman–Crippen LogP) is 2.09. The van der Waals surface area contributed by atoms with Gasteiger partial charge in [-0.05, 0) is 18.2 Å². The SMILES string of the molecule is Cn1c(C2CSCCN2)nc2ccc(F)cc21. The summed E-state index contributed by atoms with van der Waals surface area (Å²) < 4.78 is 15.2. The number of aromatic nitrogens is 2. The Hall–Kier alpha value is -1.07. The maximum Gasteiger partial charge on any atom is 0.127 e. The minimum absolute atomic E-state index is 0.210. The molecule has 0 bridgehead atoms. The highest BCUT2D eigenvalue weighted by molar-refractivity contribution is 7.99. The van der Waals surface area contributed by atoms with Gasteiger partial charge in [0.05, 0.1) is 17.1 Å². The summed E-state index contributed by atoms with van der Waals surface area (Å²) in [4.78, 5) is 4.60. The minimum atomic E-state index is -0.210. The van der Waals surface area contributed by atoms with Gasteiger partial charge in [-0.15, -0.1) is 0 Å². The summed E-state index contributed by atoms with van der Waals surface area (Å²) in [6.45, 7) is 1.01.